The van der Waals surface area contributed by atoms with Gasteiger partial charge in [0.15, 0.2) is 0 Å². The lowest BCUT2D eigenvalue weighted by Crippen LogP contribution is -2.29. The van der Waals surface area contributed by atoms with Crippen LogP contribution in [0.2, 0.25) is 0 Å². The molecule has 1 aliphatic rings. The zero-order valence-electron chi connectivity index (χ0n) is 12.5. The van der Waals surface area contributed by atoms with Crippen molar-refractivity contribution in [3.8, 4) is 0 Å². The number of hydrogen-bond donors (Lipinski definition) is 0. The topological polar surface area (TPSA) is 42.7 Å². The summed E-state index contributed by atoms with van der Waals surface area (Å²) < 4.78 is 11.2. The van der Waals surface area contributed by atoms with Gasteiger partial charge in [-0.05, 0) is 38.3 Å². The molecule has 1 aromatic rings. The van der Waals surface area contributed by atoms with Crippen LogP contribution in [0.1, 0.15) is 42.2 Å². The Bertz CT molecular complexity index is 438. The molecular weight excluding hydrogens is 274 g/mol. The fourth-order valence-corrected chi connectivity index (χ4v) is 3.39. The number of aryl methyl sites for hydroxylation is 2. The molecule has 4 nitrogen and oxygen atoms in total. The molecule has 2 heterocycles. The number of rotatable bonds is 7. The van der Waals surface area contributed by atoms with Crippen molar-refractivity contribution in [2.24, 2.45) is 0 Å². The van der Waals surface area contributed by atoms with Crippen LogP contribution in [0.5, 0.6) is 0 Å². The molecule has 0 aromatic carbocycles. The summed E-state index contributed by atoms with van der Waals surface area (Å²) >= 11 is 1.64. The van der Waals surface area contributed by atoms with Gasteiger partial charge in [-0.25, -0.2) is 0 Å². The number of amides is 1. The Labute approximate surface area is 124 Å². The van der Waals surface area contributed by atoms with Gasteiger partial charge in [-0.3, -0.25) is 4.79 Å². The second-order valence-corrected chi connectivity index (χ2v) is 6.17. The van der Waals surface area contributed by atoms with Gasteiger partial charge in [-0.2, -0.15) is 0 Å². The van der Waals surface area contributed by atoms with Crippen LogP contribution >= 0.6 is 11.8 Å². The minimum atomic E-state index is 0.0288. The monoisotopic (exact) mass is 297 g/mol. The maximum atomic E-state index is 12.0. The van der Waals surface area contributed by atoms with Crippen LogP contribution in [0.3, 0.4) is 0 Å². The molecule has 0 bridgehead atoms. The predicted octanol–water partition coefficient (Wildman–Crippen LogP) is 3.29. The van der Waals surface area contributed by atoms with E-state index in [0.29, 0.717) is 12.4 Å². The van der Waals surface area contributed by atoms with E-state index >= 15 is 0 Å². The van der Waals surface area contributed by atoms with E-state index in [-0.39, 0.29) is 11.3 Å². The normalized spacial score (nSPS) is 19.1. The van der Waals surface area contributed by atoms with E-state index in [1.807, 2.05) is 24.8 Å². The molecule has 1 atom stereocenters. The van der Waals surface area contributed by atoms with E-state index in [0.717, 1.165) is 43.1 Å². The average molecular weight is 297 g/mol. The SMILES string of the molecule is CCCOCCCN1C(=O)CSC1c1cc(C)c(C)o1. The summed E-state index contributed by atoms with van der Waals surface area (Å²) in [7, 11) is 0. The van der Waals surface area contributed by atoms with E-state index in [1.165, 1.54) is 0 Å². The first kappa shape index (κ1) is 15.4. The Morgan fingerprint density at radius 3 is 2.90 bits per heavy atom. The van der Waals surface area contributed by atoms with Gasteiger partial charge in [-0.15, -0.1) is 11.8 Å². The Hall–Kier alpha value is -0.940. The molecule has 0 N–H and O–H groups in total. The molecule has 0 radical (unpaired) electrons. The van der Waals surface area contributed by atoms with Crippen molar-refractivity contribution in [3.05, 3.63) is 23.2 Å². The molecule has 1 saturated heterocycles. The van der Waals surface area contributed by atoms with Crippen LogP contribution < -0.4 is 0 Å². The summed E-state index contributed by atoms with van der Waals surface area (Å²) in [5.74, 6) is 2.57. The number of carbonyl (C=O) groups is 1. The number of nitrogens with zero attached hydrogens (tertiary/aromatic N) is 1. The van der Waals surface area contributed by atoms with E-state index in [1.54, 1.807) is 11.8 Å². The molecule has 1 amide bonds. The lowest BCUT2D eigenvalue weighted by molar-refractivity contribution is -0.128. The highest BCUT2D eigenvalue weighted by molar-refractivity contribution is 8.00. The molecule has 1 fully saturated rings. The maximum Gasteiger partial charge on any atom is 0.233 e. The van der Waals surface area contributed by atoms with Gasteiger partial charge in [0.25, 0.3) is 0 Å². The number of ether oxygens (including phenoxy) is 1. The Kier molecular flexibility index (Phi) is 5.54. The minimum Gasteiger partial charge on any atom is -0.463 e. The van der Waals surface area contributed by atoms with E-state index in [4.69, 9.17) is 9.15 Å². The van der Waals surface area contributed by atoms with Gasteiger partial charge in [0, 0.05) is 19.8 Å². The molecular formula is C15H23NO3S. The van der Waals surface area contributed by atoms with Crippen molar-refractivity contribution < 1.29 is 13.9 Å². The summed E-state index contributed by atoms with van der Waals surface area (Å²) in [6.07, 6.45) is 1.91. The van der Waals surface area contributed by atoms with Gasteiger partial charge in [0.1, 0.15) is 16.9 Å². The fourth-order valence-electron chi connectivity index (χ4n) is 2.24. The number of hydrogen-bond acceptors (Lipinski definition) is 4. The van der Waals surface area contributed by atoms with Crippen molar-refractivity contribution in [1.82, 2.24) is 4.90 Å². The lowest BCUT2D eigenvalue weighted by atomic mass is 10.2. The first-order valence-corrected chi connectivity index (χ1v) is 8.24. The maximum absolute atomic E-state index is 12.0. The van der Waals surface area contributed by atoms with E-state index < -0.39 is 0 Å². The quantitative estimate of drug-likeness (QED) is 0.724. The Balaban J connectivity index is 1.92. The molecule has 0 saturated carbocycles. The second-order valence-electron chi connectivity index (χ2n) is 5.10. The van der Waals surface area contributed by atoms with E-state index in [9.17, 15) is 4.79 Å². The molecule has 20 heavy (non-hydrogen) atoms. The van der Waals surface area contributed by atoms with Gasteiger partial charge < -0.3 is 14.1 Å². The summed E-state index contributed by atoms with van der Waals surface area (Å²) in [5.41, 5.74) is 1.14. The summed E-state index contributed by atoms with van der Waals surface area (Å²) in [5, 5.41) is 0.0288. The molecule has 112 valence electrons. The van der Waals surface area contributed by atoms with Crippen LogP contribution in [-0.4, -0.2) is 36.3 Å². The van der Waals surface area contributed by atoms with E-state index in [2.05, 4.69) is 6.92 Å². The van der Waals surface area contributed by atoms with Gasteiger partial charge >= 0.3 is 0 Å². The van der Waals surface area contributed by atoms with Crippen molar-refractivity contribution >= 4 is 17.7 Å². The van der Waals surface area contributed by atoms with Gasteiger partial charge in [0.05, 0.1) is 5.75 Å². The Morgan fingerprint density at radius 2 is 2.25 bits per heavy atom. The minimum absolute atomic E-state index is 0.0288. The average Bonchev–Trinajstić information content (AvgIpc) is 2.94. The number of carbonyl (C=O) groups excluding carboxylic acids is 1. The first-order valence-electron chi connectivity index (χ1n) is 7.19. The van der Waals surface area contributed by atoms with Gasteiger partial charge in [-0.1, -0.05) is 6.92 Å². The first-order chi connectivity index (χ1) is 9.63. The molecule has 1 aromatic heterocycles. The number of furan rings is 1. The predicted molar refractivity (Wildman–Crippen MR) is 80.8 cm³/mol. The van der Waals surface area contributed by atoms with Crippen LogP contribution in [0, 0.1) is 13.8 Å². The van der Waals surface area contributed by atoms with Crippen molar-refractivity contribution in [3.63, 3.8) is 0 Å². The summed E-state index contributed by atoms with van der Waals surface area (Å²) in [6, 6.07) is 2.05. The van der Waals surface area contributed by atoms with Crippen LogP contribution in [0.15, 0.2) is 10.5 Å². The molecule has 2 rings (SSSR count). The Morgan fingerprint density at radius 1 is 1.45 bits per heavy atom. The van der Waals surface area contributed by atoms with Crippen LogP contribution in [-0.2, 0) is 9.53 Å². The fraction of sp³-hybridized carbons (Fsp3) is 0.667. The third-order valence-corrected chi connectivity index (χ3v) is 4.65. The van der Waals surface area contributed by atoms with Crippen LogP contribution in [0.4, 0.5) is 0 Å². The molecule has 1 aliphatic heterocycles. The largest absolute Gasteiger partial charge is 0.463 e. The molecule has 1 unspecified atom stereocenters. The standard InChI is InChI=1S/C15H23NO3S/c1-4-7-18-8-5-6-16-14(17)10-20-15(16)13-9-11(2)12(3)19-13/h9,15H,4-8,10H2,1-3H3. The van der Waals surface area contributed by atoms with Crippen molar-refractivity contribution in [2.45, 2.75) is 39.0 Å². The zero-order valence-corrected chi connectivity index (χ0v) is 13.3. The summed E-state index contributed by atoms with van der Waals surface area (Å²) in [6.45, 7) is 8.33. The smallest absolute Gasteiger partial charge is 0.233 e. The van der Waals surface area contributed by atoms with Crippen LogP contribution in [0.25, 0.3) is 0 Å². The van der Waals surface area contributed by atoms with Crippen molar-refractivity contribution in [1.29, 1.82) is 0 Å². The molecule has 5 heteroatoms. The second kappa shape index (κ2) is 7.18. The lowest BCUT2D eigenvalue weighted by Gasteiger charge is -2.22. The van der Waals surface area contributed by atoms with Gasteiger partial charge in [0.2, 0.25) is 5.91 Å². The molecule has 0 aliphatic carbocycles. The summed E-state index contributed by atoms with van der Waals surface area (Å²) in [4.78, 5) is 13.9. The third kappa shape index (κ3) is 3.58. The highest BCUT2D eigenvalue weighted by Gasteiger charge is 2.34. The highest BCUT2D eigenvalue weighted by atomic mass is 32.2. The highest BCUT2D eigenvalue weighted by Crippen LogP contribution is 2.39. The third-order valence-electron chi connectivity index (χ3n) is 3.43. The molecule has 0 spiro atoms. The zero-order chi connectivity index (χ0) is 14.5. The number of thioether (sulfide) groups is 1. The van der Waals surface area contributed by atoms with Crippen molar-refractivity contribution in [2.75, 3.05) is 25.5 Å².